The van der Waals surface area contributed by atoms with Gasteiger partial charge in [0.05, 0.1) is 14.2 Å². The summed E-state index contributed by atoms with van der Waals surface area (Å²) in [5, 5.41) is 5.55. The van der Waals surface area contributed by atoms with E-state index >= 15 is 0 Å². The molecule has 5 aromatic rings. The van der Waals surface area contributed by atoms with E-state index in [4.69, 9.17) is 36.3 Å². The summed E-state index contributed by atoms with van der Waals surface area (Å²) in [5.41, 5.74) is -0.233. The van der Waals surface area contributed by atoms with Crippen molar-refractivity contribution in [3.63, 3.8) is 0 Å². The van der Waals surface area contributed by atoms with Crippen molar-refractivity contribution in [3.05, 3.63) is 66.1 Å². The molecular weight excluding hydrogens is 816 g/mol. The maximum atomic E-state index is 12.2. The fraction of sp³-hybridized carbons (Fsp3) is 0.500. The molecule has 0 fully saturated rings. The number of hydrogen-bond acceptors (Lipinski definition) is 20. The third-order valence-electron chi connectivity index (χ3n) is 8.17. The van der Waals surface area contributed by atoms with E-state index in [1.165, 1.54) is 45.5 Å². The average Bonchev–Trinajstić information content (AvgIpc) is 4.04. The molecular formula is C40H50N8O14. The highest BCUT2D eigenvalue weighted by molar-refractivity contribution is 5.93. The van der Waals surface area contributed by atoms with Crippen LogP contribution in [0, 0.1) is 11.8 Å². The van der Waals surface area contributed by atoms with Crippen molar-refractivity contribution in [1.82, 2.24) is 35.6 Å². The van der Waals surface area contributed by atoms with E-state index in [2.05, 4.69) is 50.0 Å². The maximum absolute atomic E-state index is 12.2. The predicted octanol–water partition coefficient (Wildman–Crippen LogP) is 7.18. The third kappa shape index (κ3) is 12.1. The SMILES string of the molecule is COC(=O)c1coc(-c2coc(-c3coc(C(NC(=O)OC(C)(C)C)C(C)C)n3)n2)n1.COC(=O)c1coc(C2COC(c3coc(C(NC(=O)OC(C)(C)C)C(C)C)n3)=N2)n1. The van der Waals surface area contributed by atoms with Crippen molar-refractivity contribution < 1.29 is 64.9 Å². The average molecular weight is 867 g/mol. The normalized spacial score (nSPS) is 14.9. The van der Waals surface area contributed by atoms with Gasteiger partial charge in [-0.3, -0.25) is 0 Å². The lowest BCUT2D eigenvalue weighted by Gasteiger charge is -2.24. The molecule has 5 aromatic heterocycles. The van der Waals surface area contributed by atoms with Gasteiger partial charge in [-0.1, -0.05) is 27.7 Å². The number of methoxy groups -OCH3 is 2. The summed E-state index contributed by atoms with van der Waals surface area (Å²) in [7, 11) is 2.50. The number of nitrogens with zero attached hydrogens (tertiary/aromatic N) is 6. The van der Waals surface area contributed by atoms with Gasteiger partial charge in [0.25, 0.3) is 0 Å². The second kappa shape index (κ2) is 19.1. The Balaban J connectivity index is 0.000000234. The van der Waals surface area contributed by atoms with E-state index in [0.717, 1.165) is 0 Å². The molecule has 0 spiro atoms. The molecule has 62 heavy (non-hydrogen) atoms. The number of esters is 2. The second-order valence-electron chi connectivity index (χ2n) is 16.3. The Morgan fingerprint density at radius 1 is 0.613 bits per heavy atom. The van der Waals surface area contributed by atoms with Gasteiger partial charge in [-0.2, -0.15) is 0 Å². The Hall–Kier alpha value is -7.00. The summed E-state index contributed by atoms with van der Waals surface area (Å²) < 4.78 is 52.6. The number of carbonyl (C=O) groups excluding carboxylic acids is 4. The molecule has 0 bridgehead atoms. The first-order valence-corrected chi connectivity index (χ1v) is 19.3. The van der Waals surface area contributed by atoms with Gasteiger partial charge in [-0.25, -0.2) is 49.1 Å². The van der Waals surface area contributed by atoms with Gasteiger partial charge in [0.2, 0.25) is 35.4 Å². The minimum absolute atomic E-state index is 0.0118. The molecule has 22 heteroatoms. The Morgan fingerprint density at radius 2 is 1.06 bits per heavy atom. The lowest BCUT2D eigenvalue weighted by molar-refractivity contribution is 0.0468. The van der Waals surface area contributed by atoms with Crippen LogP contribution in [0.1, 0.15) is 132 Å². The Kier molecular flexibility index (Phi) is 14.2. The summed E-state index contributed by atoms with van der Waals surface area (Å²) in [5.74, 6) is 0.0326. The number of alkyl carbamates (subject to hydrolysis) is 2. The van der Waals surface area contributed by atoms with E-state index in [0.29, 0.717) is 17.3 Å². The summed E-state index contributed by atoms with van der Waals surface area (Å²) >= 11 is 0. The van der Waals surface area contributed by atoms with Crippen molar-refractivity contribution in [2.75, 3.05) is 20.8 Å². The first-order valence-electron chi connectivity index (χ1n) is 19.3. The number of rotatable bonds is 12. The van der Waals surface area contributed by atoms with Crippen molar-refractivity contribution in [2.45, 2.75) is 98.6 Å². The summed E-state index contributed by atoms with van der Waals surface area (Å²) in [4.78, 5) is 73.0. The number of oxazole rings is 5. The van der Waals surface area contributed by atoms with Crippen LogP contribution in [0.3, 0.4) is 0 Å². The largest absolute Gasteiger partial charge is 0.473 e. The molecule has 1 aliphatic rings. The van der Waals surface area contributed by atoms with Gasteiger partial charge in [0.1, 0.15) is 61.2 Å². The van der Waals surface area contributed by atoms with Crippen LogP contribution in [-0.4, -0.2) is 87.0 Å². The van der Waals surface area contributed by atoms with Crippen LogP contribution < -0.4 is 10.6 Å². The fourth-order valence-electron chi connectivity index (χ4n) is 5.31. The highest BCUT2D eigenvalue weighted by Gasteiger charge is 2.32. The molecule has 3 atom stereocenters. The minimum Gasteiger partial charge on any atom is -0.473 e. The standard InChI is InChI=1S/C20H26N4O7.C20H24N4O7/c2*1-10(2)14(24-19(26)31-20(3,4)5)17-22-12(8-30-17)15-21-11(7-28-15)16-23-13(9-29-16)18(25)27-6/h8-11,14H,7H2,1-6H3,(H,24,26);7-10,14H,1-6H3,(H,24,26). The first-order chi connectivity index (χ1) is 29.1. The molecule has 6 heterocycles. The zero-order chi connectivity index (χ0) is 45.5. The van der Waals surface area contributed by atoms with Crippen molar-refractivity contribution >= 4 is 30.0 Å². The number of nitrogens with one attached hydrogen (secondary N) is 2. The van der Waals surface area contributed by atoms with E-state index in [-0.39, 0.29) is 65.0 Å². The molecule has 0 radical (unpaired) electrons. The number of aliphatic imine (C=N–C) groups is 1. The van der Waals surface area contributed by atoms with Crippen LogP contribution in [0.4, 0.5) is 9.59 Å². The van der Waals surface area contributed by atoms with Crippen LogP contribution in [0.25, 0.3) is 23.2 Å². The molecule has 334 valence electrons. The van der Waals surface area contributed by atoms with E-state index in [1.54, 1.807) is 41.5 Å². The number of carbonyl (C=O) groups is 4. The first kappa shape index (κ1) is 46.1. The van der Waals surface area contributed by atoms with Gasteiger partial charge >= 0.3 is 24.1 Å². The van der Waals surface area contributed by atoms with Gasteiger partial charge in [0, 0.05) is 0 Å². The third-order valence-corrected chi connectivity index (χ3v) is 8.17. The lowest BCUT2D eigenvalue weighted by atomic mass is 10.0. The van der Waals surface area contributed by atoms with Crippen LogP contribution >= 0.6 is 0 Å². The van der Waals surface area contributed by atoms with Gasteiger partial charge in [-0.15, -0.1) is 0 Å². The molecule has 2 N–H and O–H groups in total. The van der Waals surface area contributed by atoms with Crippen LogP contribution in [0.2, 0.25) is 0 Å². The quantitative estimate of drug-likeness (QED) is 0.0927. The zero-order valence-electron chi connectivity index (χ0n) is 36.4. The van der Waals surface area contributed by atoms with Gasteiger partial charge in [0.15, 0.2) is 34.5 Å². The molecule has 6 rings (SSSR count). The molecule has 3 unspecified atom stereocenters. The number of aromatic nitrogens is 5. The lowest BCUT2D eigenvalue weighted by Crippen LogP contribution is -2.37. The molecule has 1 aliphatic heterocycles. The van der Waals surface area contributed by atoms with Gasteiger partial charge in [-0.05, 0) is 53.4 Å². The summed E-state index contributed by atoms with van der Waals surface area (Å²) in [6.07, 6.45) is 5.32. The fourth-order valence-corrected chi connectivity index (χ4v) is 5.31. The van der Waals surface area contributed by atoms with Crippen molar-refractivity contribution in [1.29, 1.82) is 0 Å². The highest BCUT2D eigenvalue weighted by atomic mass is 16.6. The minimum atomic E-state index is -0.629. The van der Waals surface area contributed by atoms with E-state index in [1.807, 2.05) is 27.7 Å². The number of ether oxygens (including phenoxy) is 5. The smallest absolute Gasteiger partial charge is 0.408 e. The summed E-state index contributed by atoms with van der Waals surface area (Å²) in [6.45, 7) is 18.5. The molecule has 22 nitrogen and oxygen atoms in total. The molecule has 0 aliphatic carbocycles. The van der Waals surface area contributed by atoms with Gasteiger partial charge < -0.3 is 56.4 Å². The van der Waals surface area contributed by atoms with Crippen LogP contribution in [0.15, 0.2) is 58.4 Å². The van der Waals surface area contributed by atoms with Crippen LogP contribution in [-0.2, 0) is 23.7 Å². The number of hydrogen-bond donors (Lipinski definition) is 2. The van der Waals surface area contributed by atoms with Crippen molar-refractivity contribution in [3.8, 4) is 23.2 Å². The Bertz CT molecular complexity index is 2350. The highest BCUT2D eigenvalue weighted by Crippen LogP contribution is 2.29. The molecule has 0 aromatic carbocycles. The molecule has 0 saturated heterocycles. The summed E-state index contributed by atoms with van der Waals surface area (Å²) in [6, 6.07) is -1.56. The van der Waals surface area contributed by atoms with Crippen LogP contribution in [0.5, 0.6) is 0 Å². The monoisotopic (exact) mass is 866 g/mol. The predicted molar refractivity (Wildman–Crippen MR) is 212 cm³/mol. The van der Waals surface area contributed by atoms with Crippen molar-refractivity contribution in [2.24, 2.45) is 16.8 Å². The van der Waals surface area contributed by atoms with E-state index in [9.17, 15) is 19.2 Å². The Morgan fingerprint density at radius 3 is 1.60 bits per heavy atom. The maximum Gasteiger partial charge on any atom is 0.408 e. The topological polar surface area (TPSA) is 281 Å². The Labute approximate surface area is 355 Å². The molecule has 0 saturated carbocycles. The zero-order valence-corrected chi connectivity index (χ0v) is 36.4. The second-order valence-corrected chi connectivity index (χ2v) is 16.3. The van der Waals surface area contributed by atoms with E-state index < -0.39 is 53.5 Å². The molecule has 2 amide bonds. The number of amides is 2.